The number of likely N-dealkylation sites (N-methyl/N-ethyl adjacent to an activating group) is 1. The number of hydrogen-bond acceptors (Lipinski definition) is 3. The third-order valence-electron chi connectivity index (χ3n) is 3.32. The van der Waals surface area contributed by atoms with E-state index in [-0.39, 0.29) is 12.2 Å². The van der Waals surface area contributed by atoms with Crippen LogP contribution < -0.4 is 5.32 Å². The molecule has 0 amide bonds. The fourth-order valence-electron chi connectivity index (χ4n) is 2.29. The van der Waals surface area contributed by atoms with Gasteiger partial charge in [-0.15, -0.1) is 0 Å². The average molecular weight is 249 g/mol. The van der Waals surface area contributed by atoms with Crippen molar-refractivity contribution in [2.45, 2.75) is 31.5 Å². The summed E-state index contributed by atoms with van der Waals surface area (Å²) in [7, 11) is 1.95. The molecule has 1 aliphatic rings. The van der Waals surface area contributed by atoms with E-state index in [0.29, 0.717) is 6.61 Å². The van der Waals surface area contributed by atoms with Gasteiger partial charge in [0.2, 0.25) is 0 Å². The third-order valence-corrected chi connectivity index (χ3v) is 3.32. The van der Waals surface area contributed by atoms with Gasteiger partial charge in [0.05, 0.1) is 18.8 Å². The van der Waals surface area contributed by atoms with Gasteiger partial charge in [0.15, 0.2) is 0 Å². The predicted molar refractivity (Wildman–Crippen MR) is 72.7 cm³/mol. The Bertz CT molecular complexity index is 323. The molecule has 0 radical (unpaired) electrons. The van der Waals surface area contributed by atoms with Crippen LogP contribution in [0.5, 0.6) is 0 Å². The van der Waals surface area contributed by atoms with Crippen LogP contribution in [0.3, 0.4) is 0 Å². The lowest BCUT2D eigenvalue weighted by Crippen LogP contribution is -2.28. The van der Waals surface area contributed by atoms with Crippen molar-refractivity contribution in [1.29, 1.82) is 0 Å². The fraction of sp³-hybridized carbons (Fsp3) is 0.600. The van der Waals surface area contributed by atoms with Crippen LogP contribution in [-0.2, 0) is 9.47 Å². The van der Waals surface area contributed by atoms with Crippen LogP contribution in [0.15, 0.2) is 30.3 Å². The molecule has 1 fully saturated rings. The molecular formula is C15H23NO2. The summed E-state index contributed by atoms with van der Waals surface area (Å²) < 4.78 is 11.7. The largest absolute Gasteiger partial charge is 0.376 e. The number of benzene rings is 1. The van der Waals surface area contributed by atoms with Crippen molar-refractivity contribution in [1.82, 2.24) is 5.32 Å². The Balaban J connectivity index is 1.86. The van der Waals surface area contributed by atoms with Crippen molar-refractivity contribution in [3.05, 3.63) is 35.9 Å². The maximum atomic E-state index is 6.02. The van der Waals surface area contributed by atoms with Crippen molar-refractivity contribution in [3.63, 3.8) is 0 Å². The van der Waals surface area contributed by atoms with Crippen LogP contribution in [0.4, 0.5) is 0 Å². The summed E-state index contributed by atoms with van der Waals surface area (Å²) >= 11 is 0. The van der Waals surface area contributed by atoms with E-state index in [2.05, 4.69) is 29.6 Å². The highest BCUT2D eigenvalue weighted by Gasteiger charge is 2.17. The SMILES string of the molecule is CNCC(OCC1CCCCO1)c1ccccc1. The van der Waals surface area contributed by atoms with Gasteiger partial charge in [0, 0.05) is 13.2 Å². The minimum absolute atomic E-state index is 0.113. The highest BCUT2D eigenvalue weighted by Crippen LogP contribution is 2.19. The van der Waals surface area contributed by atoms with Crippen LogP contribution in [0, 0.1) is 0 Å². The van der Waals surface area contributed by atoms with Gasteiger partial charge < -0.3 is 14.8 Å². The highest BCUT2D eigenvalue weighted by atomic mass is 16.5. The van der Waals surface area contributed by atoms with E-state index in [1.165, 1.54) is 18.4 Å². The number of rotatable bonds is 6. The molecule has 1 N–H and O–H groups in total. The molecule has 0 aromatic heterocycles. The Kier molecular flexibility index (Phi) is 5.65. The van der Waals surface area contributed by atoms with Crippen LogP contribution in [0.2, 0.25) is 0 Å². The molecule has 100 valence electrons. The summed E-state index contributed by atoms with van der Waals surface area (Å²) in [4.78, 5) is 0. The Morgan fingerprint density at radius 3 is 2.83 bits per heavy atom. The van der Waals surface area contributed by atoms with Crippen molar-refractivity contribution in [3.8, 4) is 0 Å². The molecule has 3 heteroatoms. The first-order valence-corrected chi connectivity index (χ1v) is 6.83. The van der Waals surface area contributed by atoms with Crippen molar-refractivity contribution in [2.75, 3.05) is 26.8 Å². The summed E-state index contributed by atoms with van der Waals surface area (Å²) in [6.45, 7) is 2.41. The van der Waals surface area contributed by atoms with Gasteiger partial charge >= 0.3 is 0 Å². The number of nitrogens with one attached hydrogen (secondary N) is 1. The predicted octanol–water partition coefficient (Wildman–Crippen LogP) is 2.53. The molecule has 1 heterocycles. The van der Waals surface area contributed by atoms with E-state index in [0.717, 1.165) is 19.6 Å². The van der Waals surface area contributed by atoms with Crippen molar-refractivity contribution < 1.29 is 9.47 Å². The third kappa shape index (κ3) is 4.09. The molecule has 0 bridgehead atoms. The van der Waals surface area contributed by atoms with Gasteiger partial charge in [0.25, 0.3) is 0 Å². The van der Waals surface area contributed by atoms with Gasteiger partial charge in [-0.3, -0.25) is 0 Å². The Labute approximate surface area is 109 Å². The molecule has 1 saturated heterocycles. The molecular weight excluding hydrogens is 226 g/mol. The minimum atomic E-state index is 0.113. The lowest BCUT2D eigenvalue weighted by atomic mass is 10.1. The maximum absolute atomic E-state index is 6.02. The van der Waals surface area contributed by atoms with E-state index < -0.39 is 0 Å². The Morgan fingerprint density at radius 1 is 1.33 bits per heavy atom. The molecule has 18 heavy (non-hydrogen) atoms. The molecule has 2 atom stereocenters. The van der Waals surface area contributed by atoms with E-state index in [4.69, 9.17) is 9.47 Å². The maximum Gasteiger partial charge on any atom is 0.0950 e. The molecule has 0 spiro atoms. The summed E-state index contributed by atoms with van der Waals surface area (Å²) in [5, 5.41) is 3.19. The standard InChI is InChI=1S/C15H23NO2/c1-16-11-15(13-7-3-2-4-8-13)18-12-14-9-5-6-10-17-14/h2-4,7-8,14-16H,5-6,9-12H2,1H3. The van der Waals surface area contributed by atoms with E-state index >= 15 is 0 Å². The second kappa shape index (κ2) is 7.52. The van der Waals surface area contributed by atoms with Crippen LogP contribution >= 0.6 is 0 Å². The second-order valence-electron chi connectivity index (χ2n) is 4.78. The van der Waals surface area contributed by atoms with Crippen LogP contribution in [-0.4, -0.2) is 32.9 Å². The van der Waals surface area contributed by atoms with Crippen LogP contribution in [0.1, 0.15) is 30.9 Å². The summed E-state index contributed by atoms with van der Waals surface area (Å²) in [6.07, 6.45) is 3.97. The molecule has 0 saturated carbocycles. The van der Waals surface area contributed by atoms with Gasteiger partial charge in [-0.1, -0.05) is 30.3 Å². The zero-order chi connectivity index (χ0) is 12.6. The highest BCUT2D eigenvalue weighted by molar-refractivity contribution is 5.17. The lowest BCUT2D eigenvalue weighted by molar-refractivity contribution is -0.0630. The monoisotopic (exact) mass is 249 g/mol. The van der Waals surface area contributed by atoms with Crippen molar-refractivity contribution in [2.24, 2.45) is 0 Å². The van der Waals surface area contributed by atoms with Gasteiger partial charge in [-0.2, -0.15) is 0 Å². The smallest absolute Gasteiger partial charge is 0.0950 e. The van der Waals surface area contributed by atoms with Gasteiger partial charge in [-0.25, -0.2) is 0 Å². The first-order chi connectivity index (χ1) is 8.90. The van der Waals surface area contributed by atoms with E-state index in [9.17, 15) is 0 Å². The number of hydrogen-bond donors (Lipinski definition) is 1. The Hall–Kier alpha value is -0.900. The first kappa shape index (κ1) is 13.5. The first-order valence-electron chi connectivity index (χ1n) is 6.83. The molecule has 2 rings (SSSR count). The van der Waals surface area contributed by atoms with E-state index in [1.54, 1.807) is 0 Å². The molecule has 1 aliphatic heterocycles. The summed E-state index contributed by atoms with van der Waals surface area (Å²) in [5.74, 6) is 0. The topological polar surface area (TPSA) is 30.5 Å². The normalized spacial score (nSPS) is 21.7. The molecule has 1 aromatic carbocycles. The fourth-order valence-corrected chi connectivity index (χ4v) is 2.29. The second-order valence-corrected chi connectivity index (χ2v) is 4.78. The zero-order valence-corrected chi connectivity index (χ0v) is 11.1. The zero-order valence-electron chi connectivity index (χ0n) is 11.1. The lowest BCUT2D eigenvalue weighted by Gasteiger charge is -2.25. The molecule has 3 nitrogen and oxygen atoms in total. The average Bonchev–Trinajstić information content (AvgIpc) is 2.45. The van der Waals surface area contributed by atoms with Gasteiger partial charge in [-0.05, 0) is 31.9 Å². The van der Waals surface area contributed by atoms with Gasteiger partial charge in [0.1, 0.15) is 0 Å². The summed E-state index contributed by atoms with van der Waals surface area (Å²) in [6, 6.07) is 10.4. The summed E-state index contributed by atoms with van der Waals surface area (Å²) in [5.41, 5.74) is 1.22. The number of ether oxygens (including phenoxy) is 2. The minimum Gasteiger partial charge on any atom is -0.376 e. The molecule has 1 aromatic rings. The quantitative estimate of drug-likeness (QED) is 0.840. The molecule has 0 aliphatic carbocycles. The van der Waals surface area contributed by atoms with E-state index in [1.807, 2.05) is 13.1 Å². The molecule has 2 unspecified atom stereocenters. The Morgan fingerprint density at radius 2 is 2.17 bits per heavy atom. The van der Waals surface area contributed by atoms with Crippen LogP contribution in [0.25, 0.3) is 0 Å². The van der Waals surface area contributed by atoms with Crippen molar-refractivity contribution >= 4 is 0 Å².